The van der Waals surface area contributed by atoms with E-state index in [0.717, 1.165) is 9.60 Å². The second-order valence-corrected chi connectivity index (χ2v) is 11.0. The molecule has 2 amide bonds. The van der Waals surface area contributed by atoms with Crippen molar-refractivity contribution in [2.24, 2.45) is 5.92 Å². The van der Waals surface area contributed by atoms with Gasteiger partial charge in [-0.1, -0.05) is 30.1 Å². The summed E-state index contributed by atoms with van der Waals surface area (Å²) in [5, 5.41) is 15.2. The summed E-state index contributed by atoms with van der Waals surface area (Å²) in [5.41, 5.74) is 0.935. The van der Waals surface area contributed by atoms with Crippen LogP contribution in [0.4, 0.5) is 20.2 Å². The average Bonchev–Trinajstić information content (AvgIpc) is 3.48. The van der Waals surface area contributed by atoms with Gasteiger partial charge in [-0.05, 0) is 30.3 Å². The number of hydrogen-bond acceptors (Lipinski definition) is 6. The normalized spacial score (nSPS) is 23.6. The van der Waals surface area contributed by atoms with Crippen LogP contribution in [0.3, 0.4) is 0 Å². The molecular weight excluding hydrogens is 549 g/mol. The van der Waals surface area contributed by atoms with Crippen LogP contribution in [0.2, 0.25) is 10.0 Å². The third-order valence-electron chi connectivity index (χ3n) is 6.91. The van der Waals surface area contributed by atoms with Gasteiger partial charge < -0.3 is 15.7 Å². The van der Waals surface area contributed by atoms with Crippen molar-refractivity contribution in [2.75, 3.05) is 17.2 Å². The van der Waals surface area contributed by atoms with E-state index in [-0.39, 0.29) is 21.3 Å². The Morgan fingerprint density at radius 1 is 1.32 bits per heavy atom. The number of amides is 2. The minimum absolute atomic E-state index is 0.0499. The number of rotatable bonds is 6. The Labute approximate surface area is 223 Å². The number of fused-ring (bicyclic) bond motifs is 2. The van der Waals surface area contributed by atoms with Gasteiger partial charge in [0.15, 0.2) is 0 Å². The molecule has 1 fully saturated rings. The van der Waals surface area contributed by atoms with Crippen molar-refractivity contribution >= 4 is 73.9 Å². The number of benzene rings is 2. The molecule has 3 heterocycles. The van der Waals surface area contributed by atoms with E-state index in [2.05, 4.69) is 15.6 Å². The van der Waals surface area contributed by atoms with Crippen LogP contribution in [0.5, 0.6) is 0 Å². The topological polar surface area (TPSA) is 112 Å². The van der Waals surface area contributed by atoms with Gasteiger partial charge in [-0.15, -0.1) is 11.3 Å². The maximum atomic E-state index is 14.9. The molecule has 8 nitrogen and oxygen atoms in total. The van der Waals surface area contributed by atoms with Crippen LogP contribution in [0.15, 0.2) is 35.8 Å². The molecular formula is C24H20Cl2F2N4O4S. The molecule has 0 radical (unpaired) electrons. The number of likely N-dealkylation sites (tertiary alicyclic amines) is 1. The molecule has 0 saturated carbocycles. The number of carbonyl (C=O) groups is 3. The number of thiazole rings is 1. The van der Waals surface area contributed by atoms with Crippen LogP contribution in [0.25, 0.3) is 10.2 Å². The van der Waals surface area contributed by atoms with Gasteiger partial charge >= 0.3 is 5.97 Å². The molecule has 2 aromatic carbocycles. The predicted octanol–water partition coefficient (Wildman–Crippen LogP) is 5.21. The molecule has 3 atom stereocenters. The number of anilines is 2. The van der Waals surface area contributed by atoms with Crippen LogP contribution in [0, 0.1) is 5.92 Å². The summed E-state index contributed by atoms with van der Waals surface area (Å²) in [7, 11) is 0. The monoisotopic (exact) mass is 568 g/mol. The van der Waals surface area contributed by atoms with Gasteiger partial charge in [0, 0.05) is 28.7 Å². The third-order valence-corrected chi connectivity index (χ3v) is 8.24. The molecule has 0 unspecified atom stereocenters. The summed E-state index contributed by atoms with van der Waals surface area (Å²) in [6.07, 6.45) is -1.57. The van der Waals surface area contributed by atoms with Crippen LogP contribution in [-0.2, 0) is 19.9 Å². The summed E-state index contributed by atoms with van der Waals surface area (Å²) in [5.74, 6) is -7.09. The van der Waals surface area contributed by atoms with Crippen molar-refractivity contribution in [1.29, 1.82) is 0 Å². The Kier molecular flexibility index (Phi) is 6.38. The van der Waals surface area contributed by atoms with Crippen LogP contribution >= 0.6 is 34.5 Å². The summed E-state index contributed by atoms with van der Waals surface area (Å²) >= 11 is 13.9. The maximum absolute atomic E-state index is 14.9. The number of aliphatic carboxylic acids is 1. The highest BCUT2D eigenvalue weighted by Gasteiger charge is 2.62. The van der Waals surface area contributed by atoms with Gasteiger partial charge in [0.05, 0.1) is 45.3 Å². The number of aromatic nitrogens is 1. The van der Waals surface area contributed by atoms with Gasteiger partial charge in [-0.2, -0.15) is 0 Å². The first kappa shape index (κ1) is 25.8. The minimum atomic E-state index is -3.28. The van der Waals surface area contributed by atoms with Crippen molar-refractivity contribution in [1.82, 2.24) is 9.88 Å². The standard InChI is InChI=1S/C24H20Cl2F2N4O4S/c1-11(21(35)30-13-2-3-18-16(6-13)29-10-37-18)17-7-23(27,28)9-32(17)24(8-19(33)34)14-4-12(25)5-15(26)20(14)31-22(24)36/h2-6,10-11,17H,7-9H2,1H3,(H,30,35)(H,31,36)(H,33,34)/t11-,17-,24-/m1/s1. The average molecular weight is 569 g/mol. The second kappa shape index (κ2) is 9.16. The first-order valence-corrected chi connectivity index (χ1v) is 12.9. The molecule has 194 valence electrons. The highest BCUT2D eigenvalue weighted by Crippen LogP contribution is 2.52. The first-order chi connectivity index (χ1) is 17.4. The highest BCUT2D eigenvalue weighted by molar-refractivity contribution is 7.16. The van der Waals surface area contributed by atoms with Gasteiger partial charge in [0.1, 0.15) is 5.54 Å². The van der Waals surface area contributed by atoms with Crippen LogP contribution in [0.1, 0.15) is 25.3 Å². The third kappa shape index (κ3) is 4.43. The van der Waals surface area contributed by atoms with E-state index in [9.17, 15) is 28.3 Å². The molecule has 3 aromatic rings. The van der Waals surface area contributed by atoms with Crippen molar-refractivity contribution in [2.45, 2.75) is 37.3 Å². The molecule has 37 heavy (non-hydrogen) atoms. The molecule has 0 bridgehead atoms. The Hall–Kier alpha value is -2.86. The van der Waals surface area contributed by atoms with Crippen molar-refractivity contribution in [3.8, 4) is 0 Å². The Morgan fingerprint density at radius 2 is 2.08 bits per heavy atom. The number of nitrogens with zero attached hydrogens (tertiary/aromatic N) is 2. The van der Waals surface area contributed by atoms with Crippen molar-refractivity contribution in [3.05, 3.63) is 51.5 Å². The van der Waals surface area contributed by atoms with E-state index in [1.165, 1.54) is 30.4 Å². The molecule has 0 spiro atoms. The Morgan fingerprint density at radius 3 is 2.81 bits per heavy atom. The fourth-order valence-corrected chi connectivity index (χ4v) is 6.42. The van der Waals surface area contributed by atoms with E-state index in [0.29, 0.717) is 11.2 Å². The molecule has 5 rings (SSSR count). The molecule has 2 aliphatic heterocycles. The number of hydrogen-bond donors (Lipinski definition) is 3. The molecule has 2 aliphatic rings. The van der Waals surface area contributed by atoms with Crippen LogP contribution < -0.4 is 10.6 Å². The number of halogens is 4. The second-order valence-electron chi connectivity index (χ2n) is 9.26. The van der Waals surface area contributed by atoms with Crippen LogP contribution in [-0.4, -0.2) is 51.3 Å². The van der Waals surface area contributed by atoms with Gasteiger partial charge in [-0.25, -0.2) is 13.8 Å². The van der Waals surface area contributed by atoms with Crippen molar-refractivity contribution < 1.29 is 28.3 Å². The van der Waals surface area contributed by atoms with E-state index in [4.69, 9.17) is 23.2 Å². The summed E-state index contributed by atoms with van der Waals surface area (Å²) in [6, 6.07) is 6.69. The van der Waals surface area contributed by atoms with E-state index in [1.54, 1.807) is 23.7 Å². The molecule has 3 N–H and O–H groups in total. The molecule has 1 saturated heterocycles. The summed E-state index contributed by atoms with van der Waals surface area (Å²) in [6.45, 7) is 0.549. The smallest absolute Gasteiger partial charge is 0.306 e. The predicted molar refractivity (Wildman–Crippen MR) is 136 cm³/mol. The Balaban J connectivity index is 1.54. The van der Waals surface area contributed by atoms with E-state index < -0.39 is 60.6 Å². The molecule has 0 aliphatic carbocycles. The minimum Gasteiger partial charge on any atom is -0.481 e. The highest BCUT2D eigenvalue weighted by atomic mass is 35.5. The largest absolute Gasteiger partial charge is 0.481 e. The number of carbonyl (C=O) groups excluding carboxylic acids is 2. The molecule has 1 aromatic heterocycles. The number of alkyl halides is 2. The van der Waals surface area contributed by atoms with Crippen molar-refractivity contribution in [3.63, 3.8) is 0 Å². The number of carboxylic acid groups (broad SMARTS) is 1. The summed E-state index contributed by atoms with van der Waals surface area (Å²) < 4.78 is 30.8. The fourth-order valence-electron chi connectivity index (χ4n) is 5.23. The van der Waals surface area contributed by atoms with Gasteiger partial charge in [0.2, 0.25) is 11.8 Å². The van der Waals surface area contributed by atoms with Gasteiger partial charge in [-0.3, -0.25) is 19.3 Å². The lowest BCUT2D eigenvalue weighted by molar-refractivity contribution is -0.147. The lowest BCUT2D eigenvalue weighted by Crippen LogP contribution is -2.57. The Bertz CT molecular complexity index is 1450. The fraction of sp³-hybridized carbons (Fsp3) is 0.333. The zero-order chi connectivity index (χ0) is 26.7. The number of nitrogens with one attached hydrogen (secondary N) is 2. The lowest BCUT2D eigenvalue weighted by atomic mass is 9.83. The quantitative estimate of drug-likeness (QED) is 0.376. The SMILES string of the molecule is C[C@@H](C(=O)Nc1ccc2scnc2c1)[C@H]1CC(F)(F)CN1[C@@]1(CC(=O)O)C(=O)Nc2c(Cl)cc(Cl)cc21. The first-order valence-electron chi connectivity index (χ1n) is 11.2. The number of carboxylic acids is 1. The summed E-state index contributed by atoms with van der Waals surface area (Å²) in [4.78, 5) is 44.0. The van der Waals surface area contributed by atoms with E-state index in [1.807, 2.05) is 0 Å². The zero-order valence-electron chi connectivity index (χ0n) is 19.2. The lowest BCUT2D eigenvalue weighted by Gasteiger charge is -2.41. The molecule has 13 heteroatoms. The van der Waals surface area contributed by atoms with E-state index >= 15 is 0 Å². The zero-order valence-corrected chi connectivity index (χ0v) is 21.6. The maximum Gasteiger partial charge on any atom is 0.306 e. The van der Waals surface area contributed by atoms with Gasteiger partial charge in [0.25, 0.3) is 5.92 Å².